The molecule has 2 saturated heterocycles. The molecule has 0 spiro atoms. The summed E-state index contributed by atoms with van der Waals surface area (Å²) in [6.45, 7) is 7.25. The summed E-state index contributed by atoms with van der Waals surface area (Å²) in [6.07, 6.45) is 0.338. The van der Waals surface area contributed by atoms with Crippen LogP contribution in [0.1, 0.15) is 33.6 Å². The Bertz CT molecular complexity index is 495. The third-order valence-corrected chi connectivity index (χ3v) is 4.15. The molecule has 0 aromatic carbocycles. The van der Waals surface area contributed by atoms with Crippen LogP contribution in [-0.4, -0.2) is 77.4 Å². The Kier molecular flexibility index (Phi) is 5.69. The molecule has 1 N–H and O–H groups in total. The SMILES string of the molecule is CC(C)(C)OC(=O)N1CCC[C@H](C(=O)N2CCOCC2)[C@@H]1C(=O)O. The van der Waals surface area contributed by atoms with Gasteiger partial charge in [0.25, 0.3) is 0 Å². The van der Waals surface area contributed by atoms with Crippen LogP contribution < -0.4 is 0 Å². The average molecular weight is 342 g/mol. The van der Waals surface area contributed by atoms with E-state index in [-0.39, 0.29) is 12.5 Å². The third kappa shape index (κ3) is 4.37. The number of amides is 2. The maximum Gasteiger partial charge on any atom is 0.411 e. The van der Waals surface area contributed by atoms with Gasteiger partial charge in [-0.25, -0.2) is 9.59 Å². The number of hydrogen-bond acceptors (Lipinski definition) is 5. The molecule has 0 aromatic rings. The molecule has 24 heavy (non-hydrogen) atoms. The topological polar surface area (TPSA) is 96.4 Å². The normalized spacial score (nSPS) is 25.3. The summed E-state index contributed by atoms with van der Waals surface area (Å²) in [5, 5.41) is 9.63. The van der Waals surface area contributed by atoms with Crippen molar-refractivity contribution in [3.8, 4) is 0 Å². The summed E-state index contributed by atoms with van der Waals surface area (Å²) in [5.74, 6) is -2.15. The molecule has 0 unspecified atom stereocenters. The number of morpholine rings is 1. The number of ether oxygens (including phenoxy) is 2. The van der Waals surface area contributed by atoms with Crippen LogP contribution in [0.4, 0.5) is 4.79 Å². The van der Waals surface area contributed by atoms with Gasteiger partial charge >= 0.3 is 12.1 Å². The number of rotatable bonds is 2. The molecule has 136 valence electrons. The van der Waals surface area contributed by atoms with Crippen molar-refractivity contribution in [2.24, 2.45) is 5.92 Å². The molecular weight excluding hydrogens is 316 g/mol. The molecule has 2 fully saturated rings. The first-order valence-electron chi connectivity index (χ1n) is 8.29. The highest BCUT2D eigenvalue weighted by atomic mass is 16.6. The molecule has 0 radical (unpaired) electrons. The highest BCUT2D eigenvalue weighted by Crippen LogP contribution is 2.28. The van der Waals surface area contributed by atoms with Gasteiger partial charge in [0, 0.05) is 19.6 Å². The van der Waals surface area contributed by atoms with Crippen molar-refractivity contribution in [3.63, 3.8) is 0 Å². The van der Waals surface area contributed by atoms with E-state index in [0.717, 1.165) is 0 Å². The Morgan fingerprint density at radius 2 is 1.75 bits per heavy atom. The largest absolute Gasteiger partial charge is 0.480 e. The van der Waals surface area contributed by atoms with Crippen LogP contribution in [0.15, 0.2) is 0 Å². The molecule has 2 rings (SSSR count). The summed E-state index contributed by atoms with van der Waals surface area (Å²) >= 11 is 0. The number of carboxylic acid groups (broad SMARTS) is 1. The minimum atomic E-state index is -1.19. The second-order valence-corrected chi connectivity index (χ2v) is 7.14. The predicted molar refractivity (Wildman–Crippen MR) is 84.5 cm³/mol. The molecule has 2 heterocycles. The summed E-state index contributed by atoms with van der Waals surface area (Å²) in [6, 6.07) is -1.19. The molecule has 0 aliphatic carbocycles. The van der Waals surface area contributed by atoms with Gasteiger partial charge in [-0.15, -0.1) is 0 Å². The summed E-state index contributed by atoms with van der Waals surface area (Å²) in [4.78, 5) is 39.7. The fourth-order valence-corrected chi connectivity index (χ4v) is 3.10. The lowest BCUT2D eigenvalue weighted by molar-refractivity contribution is -0.155. The monoisotopic (exact) mass is 342 g/mol. The maximum atomic E-state index is 12.7. The zero-order valence-electron chi connectivity index (χ0n) is 14.5. The molecule has 2 aliphatic rings. The first kappa shape index (κ1) is 18.5. The first-order chi connectivity index (χ1) is 11.2. The Morgan fingerprint density at radius 3 is 2.29 bits per heavy atom. The van der Waals surface area contributed by atoms with Gasteiger partial charge in [0.15, 0.2) is 0 Å². The molecule has 8 heteroatoms. The summed E-state index contributed by atoms with van der Waals surface area (Å²) in [5.41, 5.74) is -0.721. The number of piperidine rings is 1. The quantitative estimate of drug-likeness (QED) is 0.802. The lowest BCUT2D eigenvalue weighted by Gasteiger charge is -2.40. The van der Waals surface area contributed by atoms with Crippen molar-refractivity contribution >= 4 is 18.0 Å². The Labute approximate surface area is 141 Å². The van der Waals surface area contributed by atoms with Gasteiger partial charge < -0.3 is 19.5 Å². The average Bonchev–Trinajstić information content (AvgIpc) is 2.52. The van der Waals surface area contributed by atoms with Crippen LogP contribution in [-0.2, 0) is 19.1 Å². The van der Waals surface area contributed by atoms with Crippen molar-refractivity contribution < 1.29 is 29.0 Å². The van der Waals surface area contributed by atoms with Gasteiger partial charge in [0.05, 0.1) is 19.1 Å². The third-order valence-electron chi connectivity index (χ3n) is 4.15. The Morgan fingerprint density at radius 1 is 1.12 bits per heavy atom. The highest BCUT2D eigenvalue weighted by molar-refractivity contribution is 5.89. The number of carbonyl (C=O) groups is 3. The van der Waals surface area contributed by atoms with Crippen LogP contribution in [0.25, 0.3) is 0 Å². The highest BCUT2D eigenvalue weighted by Gasteiger charge is 2.45. The van der Waals surface area contributed by atoms with Crippen molar-refractivity contribution in [2.45, 2.75) is 45.3 Å². The van der Waals surface area contributed by atoms with E-state index in [1.807, 2.05) is 0 Å². The standard InChI is InChI=1S/C16H26N2O6/c1-16(2,3)24-15(22)18-6-4-5-11(12(18)14(20)21)13(19)17-7-9-23-10-8-17/h11-12H,4-10H2,1-3H3,(H,20,21)/t11-,12+/m0/s1. The van der Waals surface area contributed by atoms with Gasteiger partial charge in [-0.1, -0.05) is 0 Å². The molecule has 2 atom stereocenters. The summed E-state index contributed by atoms with van der Waals surface area (Å²) in [7, 11) is 0. The first-order valence-corrected chi connectivity index (χ1v) is 8.29. The smallest absolute Gasteiger partial charge is 0.411 e. The molecule has 0 aromatic heterocycles. The zero-order chi connectivity index (χ0) is 17.9. The number of likely N-dealkylation sites (tertiary alicyclic amines) is 1. The maximum absolute atomic E-state index is 12.7. The molecule has 2 aliphatic heterocycles. The van der Waals surface area contributed by atoms with E-state index in [1.165, 1.54) is 4.90 Å². The van der Waals surface area contributed by atoms with Crippen LogP contribution >= 0.6 is 0 Å². The van der Waals surface area contributed by atoms with Gasteiger partial charge in [0.1, 0.15) is 11.6 Å². The molecular formula is C16H26N2O6. The fraction of sp³-hybridized carbons (Fsp3) is 0.812. The number of carbonyl (C=O) groups excluding carboxylic acids is 2. The zero-order valence-corrected chi connectivity index (χ0v) is 14.5. The van der Waals surface area contributed by atoms with Crippen LogP contribution in [0, 0.1) is 5.92 Å². The number of hydrogen-bond donors (Lipinski definition) is 1. The van der Waals surface area contributed by atoms with E-state index >= 15 is 0 Å². The minimum Gasteiger partial charge on any atom is -0.480 e. The van der Waals surface area contributed by atoms with Crippen LogP contribution in [0.3, 0.4) is 0 Å². The number of carboxylic acids is 1. The predicted octanol–water partition coefficient (Wildman–Crippen LogP) is 0.946. The van der Waals surface area contributed by atoms with Gasteiger partial charge in [-0.2, -0.15) is 0 Å². The van der Waals surface area contributed by atoms with Crippen LogP contribution in [0.2, 0.25) is 0 Å². The fourth-order valence-electron chi connectivity index (χ4n) is 3.10. The molecule has 0 saturated carbocycles. The van der Waals surface area contributed by atoms with E-state index in [1.54, 1.807) is 25.7 Å². The van der Waals surface area contributed by atoms with Crippen molar-refractivity contribution in [1.29, 1.82) is 0 Å². The van der Waals surface area contributed by atoms with E-state index in [0.29, 0.717) is 39.1 Å². The lowest BCUT2D eigenvalue weighted by Crippen LogP contribution is -2.58. The van der Waals surface area contributed by atoms with E-state index in [9.17, 15) is 19.5 Å². The minimum absolute atomic E-state index is 0.223. The van der Waals surface area contributed by atoms with E-state index in [2.05, 4.69) is 0 Å². The Balaban J connectivity index is 2.17. The second kappa shape index (κ2) is 7.38. The van der Waals surface area contributed by atoms with Crippen molar-refractivity contribution in [2.75, 3.05) is 32.8 Å². The van der Waals surface area contributed by atoms with E-state index in [4.69, 9.17) is 9.47 Å². The van der Waals surface area contributed by atoms with E-state index < -0.39 is 29.6 Å². The number of aliphatic carboxylic acids is 1. The summed E-state index contributed by atoms with van der Waals surface area (Å²) < 4.78 is 10.5. The van der Waals surface area contributed by atoms with Gasteiger partial charge in [-0.05, 0) is 33.6 Å². The van der Waals surface area contributed by atoms with Crippen molar-refractivity contribution in [1.82, 2.24) is 9.80 Å². The molecule has 2 amide bonds. The Hall–Kier alpha value is -1.83. The van der Waals surface area contributed by atoms with Gasteiger partial charge in [0.2, 0.25) is 5.91 Å². The molecule has 8 nitrogen and oxygen atoms in total. The van der Waals surface area contributed by atoms with Crippen LogP contribution in [0.5, 0.6) is 0 Å². The molecule has 0 bridgehead atoms. The lowest BCUT2D eigenvalue weighted by atomic mass is 9.88. The number of nitrogens with zero attached hydrogens (tertiary/aromatic N) is 2. The van der Waals surface area contributed by atoms with Crippen molar-refractivity contribution in [3.05, 3.63) is 0 Å². The second-order valence-electron chi connectivity index (χ2n) is 7.14. The van der Waals surface area contributed by atoms with Gasteiger partial charge in [-0.3, -0.25) is 9.69 Å².